The Morgan fingerprint density at radius 2 is 1.74 bits per heavy atom. The first kappa shape index (κ1) is 25.7. The molecule has 1 fully saturated rings. The number of ether oxygens (including phenoxy) is 2. The number of Topliss-reactive ketones (excluding diaryl/α,β-unsaturated/α-hetero) is 1. The van der Waals surface area contributed by atoms with Crippen molar-refractivity contribution in [2.45, 2.75) is 26.1 Å². The van der Waals surface area contributed by atoms with Crippen molar-refractivity contribution in [1.29, 1.82) is 0 Å². The number of aromatic nitrogens is 1. The molecule has 4 aromatic rings. The number of aryl methyl sites for hydroxylation is 1. The topological polar surface area (TPSA) is 89.0 Å². The summed E-state index contributed by atoms with van der Waals surface area (Å²) in [6.07, 6.45) is 3.23. The van der Waals surface area contributed by atoms with Crippen LogP contribution in [0.2, 0.25) is 0 Å². The molecule has 0 radical (unpaired) electrons. The first-order valence-electron chi connectivity index (χ1n) is 12.6. The summed E-state index contributed by atoms with van der Waals surface area (Å²) in [4.78, 5) is 32.3. The largest absolute Gasteiger partial charge is 0.507 e. The van der Waals surface area contributed by atoms with Crippen LogP contribution in [0.5, 0.6) is 11.5 Å². The predicted molar refractivity (Wildman–Crippen MR) is 147 cm³/mol. The highest BCUT2D eigenvalue weighted by atomic mass is 16.5. The van der Waals surface area contributed by atoms with Gasteiger partial charge in [0.2, 0.25) is 0 Å². The third kappa shape index (κ3) is 5.38. The number of carbonyl (C=O) groups excluding carboxylic acids is 2. The zero-order valence-corrected chi connectivity index (χ0v) is 21.7. The monoisotopic (exact) mass is 520 g/mol. The first-order valence-corrected chi connectivity index (χ1v) is 12.6. The van der Waals surface area contributed by atoms with Crippen molar-refractivity contribution in [2.75, 3.05) is 7.11 Å². The van der Waals surface area contributed by atoms with E-state index in [-0.39, 0.29) is 17.9 Å². The van der Waals surface area contributed by atoms with Gasteiger partial charge in [-0.3, -0.25) is 14.6 Å². The summed E-state index contributed by atoms with van der Waals surface area (Å²) in [5.41, 5.74) is 3.69. The lowest BCUT2D eigenvalue weighted by molar-refractivity contribution is -0.140. The summed E-state index contributed by atoms with van der Waals surface area (Å²) in [6, 6.07) is 25.1. The van der Waals surface area contributed by atoms with E-state index in [9.17, 15) is 14.7 Å². The normalized spacial score (nSPS) is 16.4. The Bertz CT molecular complexity index is 1530. The van der Waals surface area contributed by atoms with Crippen molar-refractivity contribution in [3.63, 3.8) is 0 Å². The number of benzene rings is 3. The van der Waals surface area contributed by atoms with Crippen molar-refractivity contribution in [3.8, 4) is 11.5 Å². The summed E-state index contributed by atoms with van der Waals surface area (Å²) in [5.74, 6) is -0.364. The van der Waals surface area contributed by atoms with Crippen LogP contribution in [0.1, 0.15) is 33.9 Å². The average Bonchev–Trinajstić information content (AvgIpc) is 3.22. The van der Waals surface area contributed by atoms with Crippen LogP contribution in [0.3, 0.4) is 0 Å². The maximum atomic E-state index is 13.4. The fourth-order valence-electron chi connectivity index (χ4n) is 4.74. The van der Waals surface area contributed by atoms with E-state index in [0.29, 0.717) is 29.2 Å². The number of ketones is 1. The maximum Gasteiger partial charge on any atom is 0.295 e. The zero-order valence-electron chi connectivity index (χ0n) is 21.7. The van der Waals surface area contributed by atoms with Gasteiger partial charge in [0.15, 0.2) is 0 Å². The van der Waals surface area contributed by atoms with Gasteiger partial charge in [-0.25, -0.2) is 0 Å². The van der Waals surface area contributed by atoms with E-state index in [1.54, 1.807) is 49.8 Å². The van der Waals surface area contributed by atoms with Crippen LogP contribution >= 0.6 is 0 Å². The second kappa shape index (κ2) is 11.2. The summed E-state index contributed by atoms with van der Waals surface area (Å²) >= 11 is 0. The van der Waals surface area contributed by atoms with Gasteiger partial charge in [-0.1, -0.05) is 48.5 Å². The van der Waals surface area contributed by atoms with Gasteiger partial charge in [-0.05, 0) is 65.6 Å². The van der Waals surface area contributed by atoms with E-state index in [2.05, 4.69) is 4.98 Å². The molecule has 0 aliphatic carbocycles. The SMILES string of the molecule is COc1cccc(CN2C(=O)C(=O)/C(=C(\O)c3ccc(OCc4ccccc4)c(C)c3)C2c2cccnc2)c1. The second-order valence-corrected chi connectivity index (χ2v) is 9.32. The van der Waals surface area contributed by atoms with Crippen LogP contribution in [-0.2, 0) is 22.7 Å². The molecule has 1 saturated heterocycles. The molecule has 1 atom stereocenters. The molecule has 2 heterocycles. The van der Waals surface area contributed by atoms with E-state index in [1.807, 2.05) is 61.5 Å². The van der Waals surface area contributed by atoms with E-state index >= 15 is 0 Å². The molecule has 7 nitrogen and oxygen atoms in total. The maximum absolute atomic E-state index is 13.4. The van der Waals surface area contributed by atoms with Gasteiger partial charge in [0.25, 0.3) is 11.7 Å². The number of likely N-dealkylation sites (tertiary alicyclic amines) is 1. The standard InChI is InChI=1S/C32H28N2O5/c1-21-16-24(13-14-27(21)39-20-22-8-4-3-5-9-22)30(35)28-29(25-11-7-15-33-18-25)34(32(37)31(28)36)19-23-10-6-12-26(17-23)38-2/h3-18,29,35H,19-20H2,1-2H3/b30-28-. The molecule has 3 aromatic carbocycles. The molecule has 1 aliphatic rings. The van der Waals surface area contributed by atoms with Gasteiger partial charge in [-0.15, -0.1) is 0 Å². The first-order chi connectivity index (χ1) is 19.0. The Balaban J connectivity index is 1.50. The summed E-state index contributed by atoms with van der Waals surface area (Å²) in [5, 5.41) is 11.4. The molecular weight excluding hydrogens is 492 g/mol. The summed E-state index contributed by atoms with van der Waals surface area (Å²) < 4.78 is 11.3. The third-order valence-electron chi connectivity index (χ3n) is 6.71. The highest BCUT2D eigenvalue weighted by Crippen LogP contribution is 2.40. The van der Waals surface area contributed by atoms with Crippen LogP contribution in [0, 0.1) is 6.92 Å². The fourth-order valence-corrected chi connectivity index (χ4v) is 4.74. The minimum absolute atomic E-state index is 0.0215. The number of carbonyl (C=O) groups is 2. The molecule has 7 heteroatoms. The molecule has 1 N–H and O–H groups in total. The van der Waals surface area contributed by atoms with Crippen molar-refractivity contribution in [2.24, 2.45) is 0 Å². The molecule has 0 spiro atoms. The van der Waals surface area contributed by atoms with E-state index in [0.717, 1.165) is 16.7 Å². The molecule has 1 unspecified atom stereocenters. The summed E-state index contributed by atoms with van der Waals surface area (Å²) in [7, 11) is 1.57. The smallest absolute Gasteiger partial charge is 0.295 e. The molecule has 1 aliphatic heterocycles. The van der Waals surface area contributed by atoms with Crippen LogP contribution in [0.25, 0.3) is 5.76 Å². The summed E-state index contributed by atoms with van der Waals surface area (Å²) in [6.45, 7) is 2.43. The Morgan fingerprint density at radius 3 is 2.46 bits per heavy atom. The van der Waals surface area contributed by atoms with Crippen molar-refractivity contribution in [1.82, 2.24) is 9.88 Å². The number of aliphatic hydroxyl groups is 1. The highest BCUT2D eigenvalue weighted by molar-refractivity contribution is 6.46. The Labute approximate surface area is 227 Å². The number of hydrogen-bond donors (Lipinski definition) is 1. The minimum atomic E-state index is -0.806. The molecule has 1 amide bonds. The molecule has 39 heavy (non-hydrogen) atoms. The Kier molecular flexibility index (Phi) is 7.41. The quantitative estimate of drug-likeness (QED) is 0.185. The van der Waals surface area contributed by atoms with Crippen LogP contribution in [0.4, 0.5) is 0 Å². The van der Waals surface area contributed by atoms with Crippen LogP contribution in [0.15, 0.2) is 103 Å². The van der Waals surface area contributed by atoms with Gasteiger partial charge in [0, 0.05) is 24.5 Å². The lowest BCUT2D eigenvalue weighted by atomic mass is 9.95. The average molecular weight is 521 g/mol. The Hall–Kier alpha value is -4.91. The number of amides is 1. The van der Waals surface area contributed by atoms with Gasteiger partial charge in [0.1, 0.15) is 23.9 Å². The van der Waals surface area contributed by atoms with Gasteiger partial charge in [0.05, 0.1) is 18.7 Å². The Morgan fingerprint density at radius 1 is 0.949 bits per heavy atom. The number of aliphatic hydroxyl groups excluding tert-OH is 1. The molecule has 5 rings (SSSR count). The lowest BCUT2D eigenvalue weighted by Gasteiger charge is -2.25. The molecule has 1 aromatic heterocycles. The van der Waals surface area contributed by atoms with Crippen molar-refractivity contribution in [3.05, 3.63) is 131 Å². The molecular formula is C32H28N2O5. The van der Waals surface area contributed by atoms with E-state index in [1.165, 1.54) is 4.90 Å². The van der Waals surface area contributed by atoms with E-state index < -0.39 is 17.7 Å². The number of methoxy groups -OCH3 is 1. The lowest BCUT2D eigenvalue weighted by Crippen LogP contribution is -2.29. The van der Waals surface area contributed by atoms with Crippen molar-refractivity contribution < 1.29 is 24.2 Å². The van der Waals surface area contributed by atoms with Gasteiger partial charge < -0.3 is 19.5 Å². The zero-order chi connectivity index (χ0) is 27.4. The number of rotatable bonds is 8. The third-order valence-corrected chi connectivity index (χ3v) is 6.71. The van der Waals surface area contributed by atoms with E-state index in [4.69, 9.17) is 9.47 Å². The minimum Gasteiger partial charge on any atom is -0.507 e. The van der Waals surface area contributed by atoms with Gasteiger partial charge in [-0.2, -0.15) is 0 Å². The predicted octanol–water partition coefficient (Wildman–Crippen LogP) is 5.60. The van der Waals surface area contributed by atoms with Crippen LogP contribution < -0.4 is 9.47 Å². The second-order valence-electron chi connectivity index (χ2n) is 9.32. The number of nitrogens with zero attached hydrogens (tertiary/aromatic N) is 2. The number of pyridine rings is 1. The number of hydrogen-bond acceptors (Lipinski definition) is 6. The molecule has 196 valence electrons. The van der Waals surface area contributed by atoms with Crippen LogP contribution in [-0.4, -0.2) is 33.8 Å². The highest BCUT2D eigenvalue weighted by Gasteiger charge is 2.46. The fraction of sp³-hybridized carbons (Fsp3) is 0.156. The molecule has 0 saturated carbocycles. The van der Waals surface area contributed by atoms with Gasteiger partial charge >= 0.3 is 0 Å². The molecule has 0 bridgehead atoms. The van der Waals surface area contributed by atoms with Crippen molar-refractivity contribution >= 4 is 17.4 Å².